The SMILES string of the molecule is O=C(Nc1ccc(NC(=O)c2ccccc2Br)cc1)c1ccccc1F. The van der Waals surface area contributed by atoms with E-state index < -0.39 is 11.7 Å². The molecule has 0 unspecified atom stereocenters. The molecule has 0 spiro atoms. The number of carbonyl (C=O) groups excluding carboxylic acids is 2. The first kappa shape index (κ1) is 17.8. The van der Waals surface area contributed by atoms with Crippen molar-refractivity contribution in [1.82, 2.24) is 0 Å². The molecule has 0 heterocycles. The Kier molecular flexibility index (Phi) is 5.43. The number of hydrogen-bond acceptors (Lipinski definition) is 2. The molecule has 0 saturated carbocycles. The van der Waals surface area contributed by atoms with Crippen molar-refractivity contribution in [2.45, 2.75) is 0 Å². The Morgan fingerprint density at radius 3 is 1.69 bits per heavy atom. The summed E-state index contributed by atoms with van der Waals surface area (Å²) in [7, 11) is 0. The zero-order valence-electron chi connectivity index (χ0n) is 13.5. The molecule has 3 rings (SSSR count). The maximum Gasteiger partial charge on any atom is 0.258 e. The van der Waals surface area contributed by atoms with E-state index in [1.54, 1.807) is 48.5 Å². The highest BCUT2D eigenvalue weighted by Crippen LogP contribution is 2.19. The van der Waals surface area contributed by atoms with Gasteiger partial charge in [-0.3, -0.25) is 9.59 Å². The average Bonchev–Trinajstić information content (AvgIpc) is 2.64. The quantitative estimate of drug-likeness (QED) is 0.626. The number of anilines is 2. The molecule has 0 atom stereocenters. The number of hydrogen-bond donors (Lipinski definition) is 2. The molecule has 0 fully saturated rings. The molecule has 0 aliphatic heterocycles. The second-order valence-corrected chi connectivity index (χ2v) is 6.30. The van der Waals surface area contributed by atoms with Gasteiger partial charge in [-0.15, -0.1) is 0 Å². The molecule has 0 bridgehead atoms. The Labute approximate surface area is 158 Å². The molecular formula is C20H14BrFN2O2. The molecule has 130 valence electrons. The van der Waals surface area contributed by atoms with E-state index >= 15 is 0 Å². The first-order valence-corrected chi connectivity index (χ1v) is 8.56. The van der Waals surface area contributed by atoms with Crippen LogP contribution in [0.4, 0.5) is 15.8 Å². The van der Waals surface area contributed by atoms with E-state index in [1.165, 1.54) is 18.2 Å². The summed E-state index contributed by atoms with van der Waals surface area (Å²) in [6.45, 7) is 0. The Morgan fingerprint density at radius 2 is 1.15 bits per heavy atom. The normalized spacial score (nSPS) is 10.2. The fourth-order valence-electron chi connectivity index (χ4n) is 2.32. The summed E-state index contributed by atoms with van der Waals surface area (Å²) >= 11 is 3.34. The van der Waals surface area contributed by atoms with Crippen LogP contribution in [-0.4, -0.2) is 11.8 Å². The number of halogens is 2. The zero-order chi connectivity index (χ0) is 18.5. The highest BCUT2D eigenvalue weighted by atomic mass is 79.9. The minimum Gasteiger partial charge on any atom is -0.322 e. The van der Waals surface area contributed by atoms with Crippen LogP contribution >= 0.6 is 15.9 Å². The summed E-state index contributed by atoms with van der Waals surface area (Å²) in [5, 5.41) is 5.40. The zero-order valence-corrected chi connectivity index (χ0v) is 15.1. The van der Waals surface area contributed by atoms with E-state index in [2.05, 4.69) is 26.6 Å². The average molecular weight is 413 g/mol. The molecule has 2 amide bonds. The van der Waals surface area contributed by atoms with E-state index in [1.807, 2.05) is 6.07 Å². The molecule has 0 aliphatic carbocycles. The Bertz CT molecular complexity index is 880. The molecule has 6 heteroatoms. The van der Waals surface area contributed by atoms with Crippen LogP contribution in [0, 0.1) is 5.82 Å². The predicted octanol–water partition coefficient (Wildman–Crippen LogP) is 5.09. The molecule has 0 aromatic heterocycles. The minimum atomic E-state index is -0.581. The van der Waals surface area contributed by atoms with Gasteiger partial charge in [0.15, 0.2) is 0 Å². The van der Waals surface area contributed by atoms with E-state index in [4.69, 9.17) is 0 Å². The smallest absolute Gasteiger partial charge is 0.258 e. The van der Waals surface area contributed by atoms with Gasteiger partial charge in [0.25, 0.3) is 11.8 Å². The van der Waals surface area contributed by atoms with Gasteiger partial charge in [0.2, 0.25) is 0 Å². The fraction of sp³-hybridized carbons (Fsp3) is 0. The Balaban J connectivity index is 1.67. The lowest BCUT2D eigenvalue weighted by molar-refractivity contribution is 0.101. The van der Waals surface area contributed by atoms with E-state index in [0.29, 0.717) is 21.4 Å². The number of carbonyl (C=O) groups is 2. The number of nitrogens with one attached hydrogen (secondary N) is 2. The van der Waals surface area contributed by atoms with Gasteiger partial charge in [-0.1, -0.05) is 24.3 Å². The van der Waals surface area contributed by atoms with Gasteiger partial charge < -0.3 is 10.6 Å². The number of benzene rings is 3. The molecule has 26 heavy (non-hydrogen) atoms. The van der Waals surface area contributed by atoms with Crippen LogP contribution in [0.5, 0.6) is 0 Å². The fourth-order valence-corrected chi connectivity index (χ4v) is 2.79. The van der Waals surface area contributed by atoms with E-state index in [0.717, 1.165) is 0 Å². The van der Waals surface area contributed by atoms with Gasteiger partial charge in [-0.05, 0) is 64.5 Å². The molecular weight excluding hydrogens is 399 g/mol. The van der Waals surface area contributed by atoms with Crippen LogP contribution in [-0.2, 0) is 0 Å². The predicted molar refractivity (Wildman–Crippen MR) is 103 cm³/mol. The minimum absolute atomic E-state index is 0.0289. The van der Waals surface area contributed by atoms with Crippen LogP contribution in [0.2, 0.25) is 0 Å². The second-order valence-electron chi connectivity index (χ2n) is 5.45. The van der Waals surface area contributed by atoms with E-state index in [-0.39, 0.29) is 11.5 Å². The summed E-state index contributed by atoms with van der Waals surface area (Å²) in [5.41, 5.74) is 1.56. The first-order valence-electron chi connectivity index (χ1n) is 7.76. The maximum atomic E-state index is 13.6. The molecule has 3 aromatic rings. The Hall–Kier alpha value is -2.99. The van der Waals surface area contributed by atoms with Crippen LogP contribution in [0.15, 0.2) is 77.3 Å². The van der Waals surface area contributed by atoms with Crippen molar-refractivity contribution in [2.75, 3.05) is 10.6 Å². The number of rotatable bonds is 4. The first-order chi connectivity index (χ1) is 12.5. The summed E-state index contributed by atoms with van der Waals surface area (Å²) in [6.07, 6.45) is 0. The van der Waals surface area contributed by atoms with Gasteiger partial charge in [0.05, 0.1) is 11.1 Å². The number of amides is 2. The monoisotopic (exact) mass is 412 g/mol. The molecule has 3 aromatic carbocycles. The van der Waals surface area contributed by atoms with Crippen LogP contribution in [0.25, 0.3) is 0 Å². The largest absolute Gasteiger partial charge is 0.322 e. The summed E-state index contributed by atoms with van der Waals surface area (Å²) in [5.74, 6) is -1.36. The van der Waals surface area contributed by atoms with Crippen molar-refractivity contribution in [1.29, 1.82) is 0 Å². The lowest BCUT2D eigenvalue weighted by atomic mass is 10.2. The standard InChI is InChI=1S/C20H14BrFN2O2/c21-17-7-3-1-5-15(17)19(25)23-13-9-11-14(12-10-13)24-20(26)16-6-2-4-8-18(16)22/h1-12H,(H,23,25)(H,24,26). The highest BCUT2D eigenvalue weighted by molar-refractivity contribution is 9.10. The van der Waals surface area contributed by atoms with Gasteiger partial charge in [0, 0.05) is 15.8 Å². The Morgan fingerprint density at radius 1 is 0.692 bits per heavy atom. The van der Waals surface area contributed by atoms with Crippen LogP contribution in [0.3, 0.4) is 0 Å². The van der Waals surface area contributed by atoms with E-state index in [9.17, 15) is 14.0 Å². The van der Waals surface area contributed by atoms with Crippen LogP contribution < -0.4 is 10.6 Å². The topological polar surface area (TPSA) is 58.2 Å². The van der Waals surface area contributed by atoms with Gasteiger partial charge in [-0.25, -0.2) is 4.39 Å². The van der Waals surface area contributed by atoms with Gasteiger partial charge in [0.1, 0.15) is 5.82 Å². The van der Waals surface area contributed by atoms with Crippen LogP contribution in [0.1, 0.15) is 20.7 Å². The van der Waals surface area contributed by atoms with Crippen molar-refractivity contribution in [3.8, 4) is 0 Å². The molecule has 0 radical (unpaired) electrons. The third-order valence-corrected chi connectivity index (χ3v) is 4.33. The van der Waals surface area contributed by atoms with Crippen molar-refractivity contribution < 1.29 is 14.0 Å². The third kappa shape index (κ3) is 4.15. The highest BCUT2D eigenvalue weighted by Gasteiger charge is 2.12. The van der Waals surface area contributed by atoms with Crippen molar-refractivity contribution >= 4 is 39.1 Å². The summed E-state index contributed by atoms with van der Waals surface area (Å²) < 4.78 is 14.3. The second kappa shape index (κ2) is 7.93. The molecule has 0 aliphatic rings. The summed E-state index contributed by atoms with van der Waals surface area (Å²) in [6, 6.07) is 19.5. The van der Waals surface area contributed by atoms with Crippen molar-refractivity contribution in [3.05, 3.63) is 94.2 Å². The van der Waals surface area contributed by atoms with Gasteiger partial charge >= 0.3 is 0 Å². The summed E-state index contributed by atoms with van der Waals surface area (Å²) in [4.78, 5) is 24.4. The van der Waals surface area contributed by atoms with Crippen molar-refractivity contribution in [2.24, 2.45) is 0 Å². The van der Waals surface area contributed by atoms with Crippen molar-refractivity contribution in [3.63, 3.8) is 0 Å². The molecule has 2 N–H and O–H groups in total. The lowest BCUT2D eigenvalue weighted by Crippen LogP contribution is -2.14. The van der Waals surface area contributed by atoms with Gasteiger partial charge in [-0.2, -0.15) is 0 Å². The maximum absolute atomic E-state index is 13.6. The lowest BCUT2D eigenvalue weighted by Gasteiger charge is -2.09. The third-order valence-electron chi connectivity index (χ3n) is 3.64. The molecule has 4 nitrogen and oxygen atoms in total. The molecule has 0 saturated heterocycles.